The van der Waals surface area contributed by atoms with E-state index < -0.39 is 0 Å². The molecule has 0 aliphatic rings. The standard InChI is InChI=1S/C28H28N2O2S/c1-2-3-4-8-19-32-25-17-13-22(14-18-25)27(31)29-24-15-11-21(12-16-24)26-20-33-28(30-26)23-9-6-5-7-10-23/h5-7,9-18,20H,2-4,8,19H2,1H3,(H,29,31). The molecule has 1 aromatic heterocycles. The molecule has 0 saturated heterocycles. The number of ether oxygens (including phenoxy) is 1. The maximum atomic E-state index is 12.6. The summed E-state index contributed by atoms with van der Waals surface area (Å²) < 4.78 is 5.75. The zero-order valence-electron chi connectivity index (χ0n) is 18.8. The van der Waals surface area contributed by atoms with Crippen molar-refractivity contribution in [3.8, 4) is 27.6 Å². The lowest BCUT2D eigenvalue weighted by Gasteiger charge is -2.08. The zero-order chi connectivity index (χ0) is 22.9. The molecule has 0 spiro atoms. The molecule has 0 aliphatic heterocycles. The zero-order valence-corrected chi connectivity index (χ0v) is 19.6. The van der Waals surface area contributed by atoms with Crippen LogP contribution in [0.15, 0.2) is 84.2 Å². The normalized spacial score (nSPS) is 10.7. The SMILES string of the molecule is CCCCCCOc1ccc(C(=O)Nc2ccc(-c3csc(-c4ccccc4)n3)cc2)cc1. The van der Waals surface area contributed by atoms with Gasteiger partial charge in [0.15, 0.2) is 0 Å². The van der Waals surface area contributed by atoms with Crippen LogP contribution < -0.4 is 10.1 Å². The Kier molecular flexibility index (Phi) is 7.88. The number of hydrogen-bond donors (Lipinski definition) is 1. The molecular formula is C28H28N2O2S. The van der Waals surface area contributed by atoms with Gasteiger partial charge in [-0.15, -0.1) is 11.3 Å². The number of amides is 1. The predicted molar refractivity (Wildman–Crippen MR) is 137 cm³/mol. The highest BCUT2D eigenvalue weighted by atomic mass is 32.1. The van der Waals surface area contributed by atoms with Crippen LogP contribution in [0.4, 0.5) is 5.69 Å². The summed E-state index contributed by atoms with van der Waals surface area (Å²) in [6.07, 6.45) is 4.70. The van der Waals surface area contributed by atoms with E-state index in [1.54, 1.807) is 23.5 Å². The van der Waals surface area contributed by atoms with E-state index in [1.165, 1.54) is 19.3 Å². The van der Waals surface area contributed by atoms with Gasteiger partial charge in [0.2, 0.25) is 0 Å². The van der Waals surface area contributed by atoms with E-state index in [9.17, 15) is 4.79 Å². The fourth-order valence-corrected chi connectivity index (χ4v) is 4.30. The van der Waals surface area contributed by atoms with Crippen molar-refractivity contribution in [2.75, 3.05) is 11.9 Å². The van der Waals surface area contributed by atoms with E-state index in [2.05, 4.69) is 29.8 Å². The first-order chi connectivity index (χ1) is 16.2. The number of rotatable bonds is 10. The van der Waals surface area contributed by atoms with Crippen LogP contribution in [0.3, 0.4) is 0 Å². The van der Waals surface area contributed by atoms with E-state index in [0.29, 0.717) is 12.2 Å². The van der Waals surface area contributed by atoms with Crippen molar-refractivity contribution in [1.29, 1.82) is 0 Å². The Morgan fingerprint density at radius 1 is 0.879 bits per heavy atom. The van der Waals surface area contributed by atoms with E-state index in [0.717, 1.165) is 39.7 Å². The maximum absolute atomic E-state index is 12.6. The van der Waals surface area contributed by atoms with Crippen LogP contribution in [-0.2, 0) is 0 Å². The molecule has 0 unspecified atom stereocenters. The maximum Gasteiger partial charge on any atom is 0.255 e. The lowest BCUT2D eigenvalue weighted by molar-refractivity contribution is 0.102. The molecule has 0 fully saturated rings. The summed E-state index contributed by atoms with van der Waals surface area (Å²) in [5, 5.41) is 6.01. The second kappa shape index (κ2) is 11.4. The Bertz CT molecular complexity index is 1150. The van der Waals surface area contributed by atoms with Crippen molar-refractivity contribution in [3.63, 3.8) is 0 Å². The van der Waals surface area contributed by atoms with Gasteiger partial charge in [0.1, 0.15) is 10.8 Å². The first-order valence-corrected chi connectivity index (χ1v) is 12.3. The molecule has 1 amide bonds. The molecule has 33 heavy (non-hydrogen) atoms. The molecule has 1 N–H and O–H groups in total. The van der Waals surface area contributed by atoms with Crippen LogP contribution in [0.1, 0.15) is 43.0 Å². The molecule has 5 heteroatoms. The smallest absolute Gasteiger partial charge is 0.255 e. The third-order valence-electron chi connectivity index (χ3n) is 5.35. The summed E-state index contributed by atoms with van der Waals surface area (Å²) in [4.78, 5) is 17.4. The van der Waals surface area contributed by atoms with Gasteiger partial charge in [0.05, 0.1) is 12.3 Å². The molecule has 0 radical (unpaired) electrons. The molecule has 1 heterocycles. The number of anilines is 1. The molecule has 4 nitrogen and oxygen atoms in total. The number of nitrogens with one attached hydrogen (secondary N) is 1. The van der Waals surface area contributed by atoms with Gasteiger partial charge in [0.25, 0.3) is 5.91 Å². The highest BCUT2D eigenvalue weighted by Gasteiger charge is 2.09. The van der Waals surface area contributed by atoms with Gasteiger partial charge >= 0.3 is 0 Å². The van der Waals surface area contributed by atoms with Gasteiger partial charge in [0, 0.05) is 27.8 Å². The molecule has 0 atom stereocenters. The second-order valence-electron chi connectivity index (χ2n) is 7.87. The van der Waals surface area contributed by atoms with Gasteiger partial charge < -0.3 is 10.1 Å². The van der Waals surface area contributed by atoms with Crippen molar-refractivity contribution < 1.29 is 9.53 Å². The number of benzene rings is 3. The molecular weight excluding hydrogens is 428 g/mol. The van der Waals surface area contributed by atoms with E-state index in [4.69, 9.17) is 9.72 Å². The average molecular weight is 457 g/mol. The number of hydrogen-bond acceptors (Lipinski definition) is 4. The van der Waals surface area contributed by atoms with Gasteiger partial charge in [-0.1, -0.05) is 68.7 Å². The molecule has 3 aromatic carbocycles. The number of carbonyl (C=O) groups is 1. The fraction of sp³-hybridized carbons (Fsp3) is 0.214. The lowest BCUT2D eigenvalue weighted by atomic mass is 10.1. The van der Waals surface area contributed by atoms with Crippen molar-refractivity contribution in [2.45, 2.75) is 32.6 Å². The fourth-order valence-electron chi connectivity index (χ4n) is 3.47. The summed E-state index contributed by atoms with van der Waals surface area (Å²) in [5.74, 6) is 0.655. The number of thiazole rings is 1. The number of aromatic nitrogens is 1. The Morgan fingerprint density at radius 3 is 2.36 bits per heavy atom. The van der Waals surface area contributed by atoms with Crippen LogP contribution in [0.5, 0.6) is 5.75 Å². The molecule has 0 bridgehead atoms. The van der Waals surface area contributed by atoms with Crippen molar-refractivity contribution >= 4 is 22.9 Å². The van der Waals surface area contributed by atoms with Crippen molar-refractivity contribution in [1.82, 2.24) is 4.98 Å². The first-order valence-electron chi connectivity index (χ1n) is 11.4. The molecule has 4 aromatic rings. The van der Waals surface area contributed by atoms with Crippen molar-refractivity contribution in [3.05, 3.63) is 89.8 Å². The summed E-state index contributed by atoms with van der Waals surface area (Å²) >= 11 is 1.63. The quantitative estimate of drug-likeness (QED) is 0.249. The predicted octanol–water partition coefficient (Wildman–Crippen LogP) is 7.69. The molecule has 168 valence electrons. The Morgan fingerprint density at radius 2 is 1.64 bits per heavy atom. The van der Waals surface area contributed by atoms with Crippen molar-refractivity contribution in [2.24, 2.45) is 0 Å². The summed E-state index contributed by atoms with van der Waals surface area (Å²) in [5.41, 5.74) is 4.42. The molecule has 0 saturated carbocycles. The number of nitrogens with zero attached hydrogens (tertiary/aromatic N) is 1. The third-order valence-corrected chi connectivity index (χ3v) is 6.24. The van der Waals surface area contributed by atoms with Gasteiger partial charge in [-0.05, 0) is 42.8 Å². The highest BCUT2D eigenvalue weighted by molar-refractivity contribution is 7.13. The molecule has 0 aliphatic carbocycles. The van der Waals surface area contributed by atoms with Gasteiger partial charge in [-0.3, -0.25) is 4.79 Å². The number of unbranched alkanes of at least 4 members (excludes halogenated alkanes) is 3. The van der Waals surface area contributed by atoms with Crippen LogP contribution in [0.25, 0.3) is 21.8 Å². The second-order valence-corrected chi connectivity index (χ2v) is 8.73. The van der Waals surface area contributed by atoms with E-state index >= 15 is 0 Å². The van der Waals surface area contributed by atoms with Gasteiger partial charge in [-0.2, -0.15) is 0 Å². The van der Waals surface area contributed by atoms with E-state index in [-0.39, 0.29) is 5.91 Å². The summed E-state index contributed by atoms with van der Waals surface area (Å²) in [7, 11) is 0. The van der Waals surface area contributed by atoms with Crippen LogP contribution in [0.2, 0.25) is 0 Å². The van der Waals surface area contributed by atoms with Crippen LogP contribution in [-0.4, -0.2) is 17.5 Å². The third kappa shape index (κ3) is 6.30. The highest BCUT2D eigenvalue weighted by Crippen LogP contribution is 2.29. The summed E-state index contributed by atoms with van der Waals surface area (Å²) in [6.45, 7) is 2.91. The van der Waals surface area contributed by atoms with E-state index in [1.807, 2.05) is 54.6 Å². The topological polar surface area (TPSA) is 51.2 Å². The number of carbonyl (C=O) groups excluding carboxylic acids is 1. The van der Waals surface area contributed by atoms with Crippen LogP contribution in [0, 0.1) is 0 Å². The van der Waals surface area contributed by atoms with Crippen LogP contribution >= 0.6 is 11.3 Å². The minimum Gasteiger partial charge on any atom is -0.494 e. The monoisotopic (exact) mass is 456 g/mol. The Labute approximate surface area is 199 Å². The van der Waals surface area contributed by atoms with Gasteiger partial charge in [-0.25, -0.2) is 4.98 Å². The molecule has 4 rings (SSSR count). The largest absolute Gasteiger partial charge is 0.494 e. The minimum absolute atomic E-state index is 0.141. The average Bonchev–Trinajstić information content (AvgIpc) is 3.36. The minimum atomic E-state index is -0.141. The lowest BCUT2D eigenvalue weighted by Crippen LogP contribution is -2.11. The summed E-state index contributed by atoms with van der Waals surface area (Å²) in [6, 6.07) is 25.2. The first kappa shape index (κ1) is 22.7. The Balaban J connectivity index is 1.32. The Hall–Kier alpha value is -3.44.